The van der Waals surface area contributed by atoms with E-state index in [9.17, 15) is 4.79 Å². The van der Waals surface area contributed by atoms with Crippen LogP contribution < -0.4 is 0 Å². The fourth-order valence-electron chi connectivity index (χ4n) is 1.11. The van der Waals surface area contributed by atoms with E-state index in [1.165, 1.54) is 18.2 Å². The van der Waals surface area contributed by atoms with Gasteiger partial charge < -0.3 is 9.52 Å². The van der Waals surface area contributed by atoms with Crippen molar-refractivity contribution in [1.29, 1.82) is 5.26 Å². The number of benzene rings is 1. The Morgan fingerprint density at radius 1 is 1.57 bits per heavy atom. The molecule has 0 aliphatic rings. The highest BCUT2D eigenvalue weighted by atomic mass is 16.4. The first kappa shape index (κ1) is 8.26. The Hall–Kier alpha value is -2.35. The van der Waals surface area contributed by atoms with Crippen molar-refractivity contribution in [3.63, 3.8) is 0 Å². The van der Waals surface area contributed by atoms with Crippen molar-refractivity contribution in [1.82, 2.24) is 4.98 Å². The second-order valence-corrected chi connectivity index (χ2v) is 2.62. The van der Waals surface area contributed by atoms with Crippen molar-refractivity contribution >= 4 is 17.1 Å². The molecule has 1 aromatic carbocycles. The highest BCUT2D eigenvalue weighted by Crippen LogP contribution is 2.16. The number of aromatic carboxylic acids is 1. The molecule has 1 aromatic heterocycles. The number of fused-ring (bicyclic) bond motifs is 1. The third kappa shape index (κ3) is 1.19. The van der Waals surface area contributed by atoms with Gasteiger partial charge in [-0.3, -0.25) is 0 Å². The normalized spacial score (nSPS) is 9.93. The van der Waals surface area contributed by atoms with Crippen LogP contribution in [0.2, 0.25) is 0 Å². The maximum atomic E-state index is 10.6. The highest BCUT2D eigenvalue weighted by molar-refractivity contribution is 5.91. The first-order valence-corrected chi connectivity index (χ1v) is 3.74. The van der Waals surface area contributed by atoms with Crippen LogP contribution in [-0.4, -0.2) is 16.1 Å². The Balaban J connectivity index is 2.66. The number of oxazole rings is 1. The zero-order chi connectivity index (χ0) is 10.1. The van der Waals surface area contributed by atoms with E-state index < -0.39 is 5.97 Å². The zero-order valence-corrected chi connectivity index (χ0v) is 6.89. The van der Waals surface area contributed by atoms with Gasteiger partial charge in [-0.2, -0.15) is 10.2 Å². The zero-order valence-electron chi connectivity index (χ0n) is 6.89. The first-order valence-electron chi connectivity index (χ1n) is 3.74. The molecule has 2 aromatic rings. The lowest BCUT2D eigenvalue weighted by molar-refractivity contribution is 0.0697. The van der Waals surface area contributed by atoms with E-state index >= 15 is 0 Å². The van der Waals surface area contributed by atoms with Crippen LogP contribution in [0.3, 0.4) is 0 Å². The maximum absolute atomic E-state index is 10.6. The number of aromatic nitrogens is 1. The average Bonchev–Trinajstić information content (AvgIpc) is 2.58. The lowest BCUT2D eigenvalue weighted by atomic mass is 10.2. The fourth-order valence-corrected chi connectivity index (χ4v) is 1.11. The molecule has 0 amide bonds. The molecule has 0 aliphatic heterocycles. The smallest absolute Gasteiger partial charge is 0.335 e. The van der Waals surface area contributed by atoms with Crippen LogP contribution in [0.25, 0.3) is 11.1 Å². The summed E-state index contributed by atoms with van der Waals surface area (Å²) in [5, 5.41) is 17.2. The second-order valence-electron chi connectivity index (χ2n) is 2.62. The molecule has 0 saturated heterocycles. The number of hydrogen-bond acceptors (Lipinski definition) is 4. The molecule has 1 N–H and O–H groups in total. The van der Waals surface area contributed by atoms with E-state index in [2.05, 4.69) is 4.98 Å². The molecule has 0 spiro atoms. The number of nitriles is 1. The third-order valence-corrected chi connectivity index (χ3v) is 1.73. The van der Waals surface area contributed by atoms with Crippen LogP contribution >= 0.6 is 0 Å². The lowest BCUT2D eigenvalue weighted by Gasteiger charge is -1.91. The van der Waals surface area contributed by atoms with E-state index in [1.807, 2.05) is 0 Å². The second kappa shape index (κ2) is 2.85. The molecule has 1 heterocycles. The Morgan fingerprint density at radius 2 is 2.36 bits per heavy atom. The summed E-state index contributed by atoms with van der Waals surface area (Å²) in [6, 6.07) is 5.99. The molecule has 0 fully saturated rings. The number of carboxylic acid groups (broad SMARTS) is 1. The maximum Gasteiger partial charge on any atom is 0.335 e. The minimum atomic E-state index is -1.04. The van der Waals surface area contributed by atoms with Gasteiger partial charge in [-0.1, -0.05) is 0 Å². The van der Waals surface area contributed by atoms with Crippen LogP contribution in [0.15, 0.2) is 22.6 Å². The summed E-state index contributed by atoms with van der Waals surface area (Å²) in [6.45, 7) is 0. The molecule has 0 aliphatic carbocycles. The number of carboxylic acids is 1. The van der Waals surface area contributed by atoms with Crippen molar-refractivity contribution in [3.8, 4) is 6.07 Å². The Kier molecular flexibility index (Phi) is 1.68. The van der Waals surface area contributed by atoms with Crippen LogP contribution in [0.4, 0.5) is 0 Å². The minimum absolute atomic E-state index is 0.0671. The van der Waals surface area contributed by atoms with E-state index in [1.54, 1.807) is 6.07 Å². The molecular formula is C9H4N2O3. The molecule has 5 nitrogen and oxygen atoms in total. The first-order chi connectivity index (χ1) is 6.70. The minimum Gasteiger partial charge on any atom is -0.478 e. The van der Waals surface area contributed by atoms with Gasteiger partial charge in [0.25, 0.3) is 0 Å². The topological polar surface area (TPSA) is 87.1 Å². The summed E-state index contributed by atoms with van der Waals surface area (Å²) in [5.41, 5.74) is 0.895. The van der Waals surface area contributed by atoms with E-state index in [4.69, 9.17) is 14.8 Å². The van der Waals surface area contributed by atoms with E-state index in [0.717, 1.165) is 0 Å². The van der Waals surface area contributed by atoms with E-state index in [-0.39, 0.29) is 11.5 Å². The largest absolute Gasteiger partial charge is 0.478 e. The Labute approximate surface area is 78.2 Å². The average molecular weight is 188 g/mol. The number of carbonyl (C=O) groups is 1. The van der Waals surface area contributed by atoms with Gasteiger partial charge in [0.05, 0.1) is 5.56 Å². The van der Waals surface area contributed by atoms with Gasteiger partial charge in [-0.25, -0.2) is 4.79 Å². The summed E-state index contributed by atoms with van der Waals surface area (Å²) in [5.74, 6) is -1.11. The van der Waals surface area contributed by atoms with Crippen molar-refractivity contribution in [2.24, 2.45) is 0 Å². The Morgan fingerprint density at radius 3 is 3.00 bits per heavy atom. The van der Waals surface area contributed by atoms with Crippen LogP contribution in [-0.2, 0) is 0 Å². The molecule has 68 valence electrons. The predicted octanol–water partition coefficient (Wildman–Crippen LogP) is 1.40. The summed E-state index contributed by atoms with van der Waals surface area (Å²) >= 11 is 0. The summed E-state index contributed by atoms with van der Waals surface area (Å²) in [4.78, 5) is 14.4. The predicted molar refractivity (Wildman–Crippen MR) is 45.7 cm³/mol. The van der Waals surface area contributed by atoms with Gasteiger partial charge in [0.15, 0.2) is 11.7 Å². The summed E-state index contributed by atoms with van der Waals surface area (Å²) in [7, 11) is 0. The number of hydrogen-bond donors (Lipinski definition) is 1. The van der Waals surface area contributed by atoms with Crippen LogP contribution in [0, 0.1) is 11.3 Å². The van der Waals surface area contributed by atoms with Crippen molar-refractivity contribution < 1.29 is 14.3 Å². The highest BCUT2D eigenvalue weighted by Gasteiger charge is 2.08. The standard InChI is InChI=1S/C9H4N2O3/c10-4-8-11-6-2-1-5(9(12)13)3-7(6)14-8/h1-3H,(H,12,13). The molecule has 14 heavy (non-hydrogen) atoms. The molecule has 5 heteroatoms. The quantitative estimate of drug-likeness (QED) is 0.730. The fraction of sp³-hybridized carbons (Fsp3) is 0. The summed E-state index contributed by atoms with van der Waals surface area (Å²) < 4.78 is 4.97. The lowest BCUT2D eigenvalue weighted by Crippen LogP contribution is -1.94. The van der Waals surface area contributed by atoms with E-state index in [0.29, 0.717) is 11.1 Å². The monoisotopic (exact) mass is 188 g/mol. The van der Waals surface area contributed by atoms with Gasteiger partial charge in [-0.15, -0.1) is 0 Å². The van der Waals surface area contributed by atoms with Gasteiger partial charge in [0, 0.05) is 0 Å². The number of rotatable bonds is 1. The van der Waals surface area contributed by atoms with Gasteiger partial charge in [0.1, 0.15) is 5.52 Å². The summed E-state index contributed by atoms with van der Waals surface area (Å²) in [6.07, 6.45) is 0. The van der Waals surface area contributed by atoms with Crippen LogP contribution in [0.1, 0.15) is 16.2 Å². The van der Waals surface area contributed by atoms with Gasteiger partial charge >= 0.3 is 11.9 Å². The molecule has 0 saturated carbocycles. The molecule has 2 rings (SSSR count). The third-order valence-electron chi connectivity index (χ3n) is 1.73. The SMILES string of the molecule is N#Cc1nc2ccc(C(=O)O)cc2o1. The van der Waals surface area contributed by atoms with Crippen LogP contribution in [0.5, 0.6) is 0 Å². The number of nitrogens with zero attached hydrogens (tertiary/aromatic N) is 2. The van der Waals surface area contributed by atoms with Gasteiger partial charge in [-0.05, 0) is 18.2 Å². The molecule has 0 bridgehead atoms. The van der Waals surface area contributed by atoms with Crippen molar-refractivity contribution in [3.05, 3.63) is 29.7 Å². The van der Waals surface area contributed by atoms with Crippen molar-refractivity contribution in [2.45, 2.75) is 0 Å². The van der Waals surface area contributed by atoms with Crippen molar-refractivity contribution in [2.75, 3.05) is 0 Å². The molecule has 0 atom stereocenters. The molecule has 0 radical (unpaired) electrons. The van der Waals surface area contributed by atoms with Gasteiger partial charge in [0.2, 0.25) is 0 Å². The Bertz CT molecular complexity index is 551. The molecule has 0 unspecified atom stereocenters. The molecular weight excluding hydrogens is 184 g/mol.